The number of allylic oxidation sites excluding steroid dienone is 8. The Morgan fingerprint density at radius 3 is 1.40 bits per heavy atom. The third-order valence-electron chi connectivity index (χ3n) is 6.33. The van der Waals surface area contributed by atoms with E-state index in [2.05, 4.69) is 24.3 Å². The molecule has 0 nitrogen and oxygen atoms in total. The van der Waals surface area contributed by atoms with Crippen molar-refractivity contribution in [3.8, 4) is 0 Å². The van der Waals surface area contributed by atoms with Crippen molar-refractivity contribution in [3.05, 3.63) is 43.2 Å². The monoisotopic (exact) mass is 414 g/mol. The van der Waals surface area contributed by atoms with E-state index in [-0.39, 0.29) is 44.0 Å². The van der Waals surface area contributed by atoms with Crippen LogP contribution in [-0.2, 0) is 19.2 Å². The van der Waals surface area contributed by atoms with Crippen LogP contribution in [-0.4, -0.2) is 0 Å². The van der Waals surface area contributed by atoms with Gasteiger partial charge in [0.15, 0.2) is 0 Å². The Balaban J connectivity index is 0.00000113. The largest absolute Gasteiger partial charge is 0.147 e. The summed E-state index contributed by atoms with van der Waals surface area (Å²) in [6, 6.07) is 0. The van der Waals surface area contributed by atoms with Crippen LogP contribution in [0.1, 0.15) is 77.0 Å². The van der Waals surface area contributed by atoms with E-state index < -0.39 is 0 Å². The summed E-state index contributed by atoms with van der Waals surface area (Å²) in [6.07, 6.45) is 27.2. The van der Waals surface area contributed by atoms with Crippen molar-refractivity contribution in [2.75, 3.05) is 0 Å². The molecule has 0 radical (unpaired) electrons. The van der Waals surface area contributed by atoms with Crippen molar-refractivity contribution in [3.63, 3.8) is 0 Å². The summed E-state index contributed by atoms with van der Waals surface area (Å²) in [6.45, 7) is 0. The van der Waals surface area contributed by atoms with Gasteiger partial charge in [-0.3, -0.25) is 0 Å². The molecule has 2 saturated carbocycles. The smallest absolute Gasteiger partial charge is 0.147 e. The van der Waals surface area contributed by atoms with Gasteiger partial charge in [0.25, 0.3) is 0 Å². The molecule has 25 heavy (non-hydrogen) atoms. The molecule has 0 saturated heterocycles. The van der Waals surface area contributed by atoms with E-state index >= 15 is 0 Å². The van der Waals surface area contributed by atoms with Crippen molar-refractivity contribution >= 4 is 24.8 Å². The van der Waals surface area contributed by atoms with Gasteiger partial charge in [-0.2, -0.15) is 0 Å². The quantitative estimate of drug-likeness (QED) is 0.417. The summed E-state index contributed by atoms with van der Waals surface area (Å²) in [5, 5.41) is 0. The van der Waals surface area contributed by atoms with E-state index in [9.17, 15) is 0 Å². The molecule has 0 amide bonds. The first-order valence-electron chi connectivity index (χ1n) is 9.98. The van der Waals surface area contributed by atoms with Gasteiger partial charge in [0, 0.05) is 0 Å². The minimum absolute atomic E-state index is 0. The van der Waals surface area contributed by atoms with Crippen molar-refractivity contribution in [2.45, 2.75) is 77.0 Å². The minimum atomic E-state index is -0.0402. The Morgan fingerprint density at radius 1 is 0.600 bits per heavy atom. The van der Waals surface area contributed by atoms with Gasteiger partial charge in [-0.1, -0.05) is 0 Å². The maximum Gasteiger partial charge on any atom is -0.147 e. The van der Waals surface area contributed by atoms with Crippen LogP contribution < -0.4 is 0 Å². The maximum atomic E-state index is 2.51. The van der Waals surface area contributed by atoms with E-state index in [4.69, 9.17) is 0 Å². The fourth-order valence-corrected chi connectivity index (χ4v) is 7.67. The van der Waals surface area contributed by atoms with Crippen LogP contribution in [0.2, 0.25) is 0 Å². The molecule has 4 aliphatic rings. The summed E-state index contributed by atoms with van der Waals surface area (Å²) in [5.74, 6) is 1.82. The summed E-state index contributed by atoms with van der Waals surface area (Å²) in [5.41, 5.74) is 3.60. The second-order valence-corrected chi connectivity index (χ2v) is 10.2. The first-order valence-corrected chi connectivity index (χ1v) is 11.5. The summed E-state index contributed by atoms with van der Waals surface area (Å²) in [4.78, 5) is 0. The van der Waals surface area contributed by atoms with Crippen LogP contribution in [0.25, 0.3) is 0 Å². The zero-order chi connectivity index (χ0) is 15.5. The van der Waals surface area contributed by atoms with Crippen molar-refractivity contribution in [1.82, 2.24) is 0 Å². The number of halogens is 2. The van der Waals surface area contributed by atoms with Gasteiger partial charge in [-0.25, -0.2) is 0 Å². The maximum absolute atomic E-state index is 2.51. The van der Waals surface area contributed by atoms with E-state index in [1.807, 2.05) is 7.76 Å². The topological polar surface area (TPSA) is 0 Å². The van der Waals surface area contributed by atoms with E-state index in [1.54, 1.807) is 11.1 Å². The molecule has 0 aliphatic heterocycles. The van der Waals surface area contributed by atoms with Gasteiger partial charge in [-0.05, 0) is 0 Å². The second-order valence-electron chi connectivity index (χ2n) is 7.88. The van der Waals surface area contributed by atoms with Crippen molar-refractivity contribution in [2.24, 2.45) is 11.8 Å². The number of rotatable bonds is 4. The zero-order valence-corrected chi connectivity index (χ0v) is 18.5. The first-order chi connectivity index (χ1) is 11.4. The SMILES string of the molecule is C1=CC(C2CCCCC2)=[C]([Ti][C]2=C(C3CCCCC3)C=CC2)C1.Cl.Cl. The molecule has 2 fully saturated rings. The Hall–Kier alpha value is 0.254. The van der Waals surface area contributed by atoms with Crippen LogP contribution in [0.3, 0.4) is 0 Å². The Morgan fingerprint density at radius 2 is 1.00 bits per heavy atom. The molecule has 0 spiro atoms. The zero-order valence-electron chi connectivity index (χ0n) is 15.3. The molecule has 0 bridgehead atoms. The van der Waals surface area contributed by atoms with Gasteiger partial charge in [0.05, 0.1) is 0 Å². The predicted octanol–water partition coefficient (Wildman–Crippen LogP) is 7.50. The van der Waals surface area contributed by atoms with Crippen LogP contribution >= 0.6 is 24.8 Å². The number of hydrogen-bond acceptors (Lipinski definition) is 0. The van der Waals surface area contributed by atoms with Gasteiger partial charge in [0.1, 0.15) is 0 Å². The first kappa shape index (κ1) is 21.6. The van der Waals surface area contributed by atoms with Gasteiger partial charge >= 0.3 is 151 Å². The van der Waals surface area contributed by atoms with Crippen molar-refractivity contribution in [1.29, 1.82) is 0 Å². The van der Waals surface area contributed by atoms with Crippen LogP contribution in [0.4, 0.5) is 0 Å². The Kier molecular flexibility index (Phi) is 9.10. The molecule has 0 unspecified atom stereocenters. The summed E-state index contributed by atoms with van der Waals surface area (Å²) >= 11 is -0.0402. The average molecular weight is 415 g/mol. The third-order valence-corrected chi connectivity index (χ3v) is 8.81. The molecule has 0 heterocycles. The van der Waals surface area contributed by atoms with E-state index in [1.165, 1.54) is 77.0 Å². The fraction of sp³-hybridized carbons (Fsp3) is 0.636. The fourth-order valence-electron chi connectivity index (χ4n) is 5.07. The molecule has 0 N–H and O–H groups in total. The Labute approximate surface area is 175 Å². The summed E-state index contributed by atoms with van der Waals surface area (Å²) in [7, 11) is 0. The van der Waals surface area contributed by atoms with Gasteiger partial charge < -0.3 is 0 Å². The third kappa shape index (κ3) is 5.16. The molecule has 0 aromatic carbocycles. The van der Waals surface area contributed by atoms with Gasteiger partial charge in [-0.15, -0.1) is 24.8 Å². The molecular formula is C22H32Cl2Ti. The molecule has 0 aromatic heterocycles. The Bertz CT molecular complexity index is 509. The standard InChI is InChI=1S/2C11H15.2ClH.Ti/c2*1-2-6-10(7-3-1)11-8-4-5-9-11;;;/h2*4,8,10H,1-3,5-7H2;2*1H;. The molecule has 4 rings (SSSR count). The molecule has 0 aromatic rings. The van der Waals surface area contributed by atoms with Crippen LogP contribution in [0.15, 0.2) is 43.2 Å². The van der Waals surface area contributed by atoms with Gasteiger partial charge in [0.2, 0.25) is 0 Å². The number of hydrogen-bond donors (Lipinski definition) is 0. The van der Waals surface area contributed by atoms with Crippen LogP contribution in [0.5, 0.6) is 0 Å². The van der Waals surface area contributed by atoms with Crippen molar-refractivity contribution < 1.29 is 19.2 Å². The predicted molar refractivity (Wildman–Crippen MR) is 109 cm³/mol. The van der Waals surface area contributed by atoms with E-state index in [0.29, 0.717) is 0 Å². The summed E-state index contributed by atoms with van der Waals surface area (Å²) < 4.78 is 3.79. The van der Waals surface area contributed by atoms with E-state index in [0.717, 1.165) is 11.8 Å². The van der Waals surface area contributed by atoms with Crippen LogP contribution in [0, 0.1) is 11.8 Å². The average Bonchev–Trinajstić information content (AvgIpc) is 3.26. The molecule has 4 aliphatic carbocycles. The minimum Gasteiger partial charge on any atom is -0.147 e. The molecule has 0 atom stereocenters. The molecule has 138 valence electrons. The normalized spacial score (nSPS) is 24.5. The molecule has 3 heteroatoms. The second kappa shape index (κ2) is 10.6. The molecular weight excluding hydrogens is 383 g/mol.